The van der Waals surface area contributed by atoms with E-state index in [2.05, 4.69) is 10.3 Å². The molecule has 160 valence electrons. The summed E-state index contributed by atoms with van der Waals surface area (Å²) in [5.74, 6) is -3.87. The lowest BCUT2D eigenvalue weighted by molar-refractivity contribution is -0.148. The maximum absolute atomic E-state index is 13.2. The van der Waals surface area contributed by atoms with E-state index in [9.17, 15) is 22.4 Å². The van der Waals surface area contributed by atoms with E-state index in [1.807, 2.05) is 29.8 Å². The third kappa shape index (κ3) is 4.72. The molecule has 0 saturated heterocycles. The molecule has 30 heavy (non-hydrogen) atoms. The van der Waals surface area contributed by atoms with Gasteiger partial charge in [0, 0.05) is 24.9 Å². The average Bonchev–Trinajstić information content (AvgIpc) is 3.15. The number of ether oxygens (including phenoxy) is 1. The highest BCUT2D eigenvalue weighted by molar-refractivity contribution is 5.89. The molecule has 1 atom stereocenters. The number of amides is 1. The standard InChI is InChI=1S/C21H21F4N3O2/c1-3-19(29)27-18-10-15(6-8-26-18)13(2)28-9-7-14-4-5-16(11-17(14)28)30-12-21(24,25)20(22)23/h4-11,13,20H,3,12H2,1-2H3,(H,26,27,29). The molecule has 1 aromatic carbocycles. The highest BCUT2D eigenvalue weighted by Crippen LogP contribution is 2.30. The summed E-state index contributed by atoms with van der Waals surface area (Å²) < 4.78 is 57.8. The molecule has 1 amide bonds. The molecule has 0 aliphatic heterocycles. The fraction of sp³-hybridized carbons (Fsp3) is 0.333. The summed E-state index contributed by atoms with van der Waals surface area (Å²) >= 11 is 0. The van der Waals surface area contributed by atoms with Crippen LogP contribution in [0.5, 0.6) is 5.75 Å². The van der Waals surface area contributed by atoms with Crippen molar-refractivity contribution in [3.63, 3.8) is 0 Å². The lowest BCUT2D eigenvalue weighted by Crippen LogP contribution is -2.33. The molecule has 0 fully saturated rings. The predicted molar refractivity (Wildman–Crippen MR) is 105 cm³/mol. The van der Waals surface area contributed by atoms with Crippen molar-refractivity contribution in [2.75, 3.05) is 11.9 Å². The number of hydrogen-bond donors (Lipinski definition) is 1. The van der Waals surface area contributed by atoms with Gasteiger partial charge in [-0.05, 0) is 48.2 Å². The average molecular weight is 423 g/mol. The molecule has 3 aromatic rings. The lowest BCUT2D eigenvalue weighted by atomic mass is 10.1. The van der Waals surface area contributed by atoms with E-state index < -0.39 is 19.0 Å². The Bertz CT molecular complexity index is 1040. The fourth-order valence-electron chi connectivity index (χ4n) is 2.97. The number of fused-ring (bicyclic) bond motifs is 1. The predicted octanol–water partition coefficient (Wildman–Crippen LogP) is 5.27. The van der Waals surface area contributed by atoms with Crippen LogP contribution in [0.4, 0.5) is 23.4 Å². The summed E-state index contributed by atoms with van der Waals surface area (Å²) in [5, 5.41) is 3.54. The molecule has 0 aliphatic rings. The van der Waals surface area contributed by atoms with E-state index in [-0.39, 0.29) is 17.7 Å². The number of benzene rings is 1. The van der Waals surface area contributed by atoms with Crippen molar-refractivity contribution in [1.29, 1.82) is 0 Å². The first-order valence-electron chi connectivity index (χ1n) is 9.36. The van der Waals surface area contributed by atoms with Gasteiger partial charge in [0.05, 0.1) is 11.6 Å². The Morgan fingerprint density at radius 1 is 1.23 bits per heavy atom. The van der Waals surface area contributed by atoms with Crippen LogP contribution in [0, 0.1) is 0 Å². The van der Waals surface area contributed by atoms with E-state index in [0.717, 1.165) is 10.9 Å². The van der Waals surface area contributed by atoms with Gasteiger partial charge in [0.25, 0.3) is 0 Å². The Hall–Kier alpha value is -3.10. The molecule has 0 spiro atoms. The largest absolute Gasteiger partial charge is 0.487 e. The number of carbonyl (C=O) groups is 1. The molecule has 2 aromatic heterocycles. The molecule has 0 aliphatic carbocycles. The molecular weight excluding hydrogens is 402 g/mol. The summed E-state index contributed by atoms with van der Waals surface area (Å²) in [6.07, 6.45) is -0.0440. The first-order chi connectivity index (χ1) is 14.2. The monoisotopic (exact) mass is 423 g/mol. The second-order valence-electron chi connectivity index (χ2n) is 6.85. The summed E-state index contributed by atoms with van der Waals surface area (Å²) in [5.41, 5.74) is 1.56. The number of nitrogens with zero attached hydrogens (tertiary/aromatic N) is 2. The molecule has 5 nitrogen and oxygen atoms in total. The molecule has 1 unspecified atom stereocenters. The van der Waals surface area contributed by atoms with Crippen LogP contribution in [0.1, 0.15) is 31.9 Å². The summed E-state index contributed by atoms with van der Waals surface area (Å²) in [7, 11) is 0. The number of alkyl halides is 4. The topological polar surface area (TPSA) is 56.2 Å². The minimum Gasteiger partial charge on any atom is -0.487 e. The minimum absolute atomic E-state index is 0.0700. The quantitative estimate of drug-likeness (QED) is 0.502. The molecule has 0 radical (unpaired) electrons. The van der Waals surface area contributed by atoms with E-state index in [1.54, 1.807) is 25.3 Å². The van der Waals surface area contributed by atoms with Crippen LogP contribution in [0.25, 0.3) is 10.9 Å². The van der Waals surface area contributed by atoms with Crippen LogP contribution >= 0.6 is 0 Å². The second-order valence-corrected chi connectivity index (χ2v) is 6.85. The van der Waals surface area contributed by atoms with Crippen molar-refractivity contribution in [2.45, 2.75) is 38.7 Å². The van der Waals surface area contributed by atoms with Crippen molar-refractivity contribution in [2.24, 2.45) is 0 Å². The SMILES string of the molecule is CCC(=O)Nc1cc(C(C)n2ccc3ccc(OCC(F)(F)C(F)F)cc32)ccn1. The van der Waals surface area contributed by atoms with Crippen molar-refractivity contribution >= 4 is 22.6 Å². The fourth-order valence-corrected chi connectivity index (χ4v) is 2.97. The summed E-state index contributed by atoms with van der Waals surface area (Å²) in [6.45, 7) is 2.26. The van der Waals surface area contributed by atoms with Gasteiger partial charge >= 0.3 is 12.3 Å². The summed E-state index contributed by atoms with van der Waals surface area (Å²) in [6, 6.07) is 9.91. The van der Waals surface area contributed by atoms with Gasteiger partial charge in [-0.25, -0.2) is 13.8 Å². The minimum atomic E-state index is -4.22. The van der Waals surface area contributed by atoms with Gasteiger partial charge in [-0.2, -0.15) is 8.78 Å². The molecule has 0 saturated carbocycles. The molecule has 0 bridgehead atoms. The van der Waals surface area contributed by atoms with Gasteiger partial charge in [0.2, 0.25) is 5.91 Å². The summed E-state index contributed by atoms with van der Waals surface area (Å²) in [4.78, 5) is 15.7. The number of hydrogen-bond acceptors (Lipinski definition) is 3. The molecule has 9 heteroatoms. The molecule has 2 heterocycles. The Morgan fingerprint density at radius 2 is 2.00 bits per heavy atom. The van der Waals surface area contributed by atoms with Gasteiger partial charge < -0.3 is 14.6 Å². The molecular formula is C21H21F4N3O2. The van der Waals surface area contributed by atoms with Crippen LogP contribution in [-0.4, -0.2) is 34.4 Å². The van der Waals surface area contributed by atoms with E-state index in [4.69, 9.17) is 4.74 Å². The smallest absolute Gasteiger partial charge is 0.340 e. The zero-order chi connectivity index (χ0) is 21.9. The first kappa shape index (κ1) is 21.6. The van der Waals surface area contributed by atoms with Crippen molar-refractivity contribution in [3.05, 3.63) is 54.4 Å². The van der Waals surface area contributed by atoms with Crippen LogP contribution in [0.15, 0.2) is 48.8 Å². The van der Waals surface area contributed by atoms with Crippen molar-refractivity contribution < 1.29 is 27.1 Å². The maximum Gasteiger partial charge on any atom is 0.340 e. The van der Waals surface area contributed by atoms with Crippen molar-refractivity contribution in [1.82, 2.24) is 9.55 Å². The lowest BCUT2D eigenvalue weighted by Gasteiger charge is -2.18. The Kier molecular flexibility index (Phi) is 6.28. The number of anilines is 1. The Balaban J connectivity index is 1.85. The Morgan fingerprint density at radius 3 is 2.70 bits per heavy atom. The van der Waals surface area contributed by atoms with E-state index >= 15 is 0 Å². The van der Waals surface area contributed by atoms with Gasteiger partial charge in [-0.3, -0.25) is 4.79 Å². The van der Waals surface area contributed by atoms with Gasteiger partial charge in [-0.1, -0.05) is 6.92 Å². The molecule has 3 rings (SSSR count). The third-order valence-corrected chi connectivity index (χ3v) is 4.72. The van der Waals surface area contributed by atoms with Gasteiger partial charge in [-0.15, -0.1) is 0 Å². The van der Waals surface area contributed by atoms with Crippen LogP contribution in [-0.2, 0) is 4.79 Å². The van der Waals surface area contributed by atoms with Gasteiger partial charge in [0.15, 0.2) is 6.61 Å². The van der Waals surface area contributed by atoms with Crippen LogP contribution in [0.3, 0.4) is 0 Å². The van der Waals surface area contributed by atoms with E-state index in [0.29, 0.717) is 17.8 Å². The maximum atomic E-state index is 13.2. The first-order valence-corrected chi connectivity index (χ1v) is 9.36. The van der Waals surface area contributed by atoms with Gasteiger partial charge in [0.1, 0.15) is 11.6 Å². The third-order valence-electron chi connectivity index (χ3n) is 4.72. The van der Waals surface area contributed by atoms with Crippen LogP contribution < -0.4 is 10.1 Å². The zero-order valence-electron chi connectivity index (χ0n) is 16.4. The second kappa shape index (κ2) is 8.73. The van der Waals surface area contributed by atoms with Crippen LogP contribution in [0.2, 0.25) is 0 Å². The Labute approximate surface area is 170 Å². The number of pyridine rings is 1. The normalized spacial score (nSPS) is 12.9. The number of halogens is 4. The van der Waals surface area contributed by atoms with Crippen molar-refractivity contribution in [3.8, 4) is 5.75 Å². The number of rotatable bonds is 8. The zero-order valence-corrected chi connectivity index (χ0v) is 16.4. The highest BCUT2D eigenvalue weighted by Gasteiger charge is 2.41. The highest BCUT2D eigenvalue weighted by atomic mass is 19.3. The van der Waals surface area contributed by atoms with E-state index in [1.165, 1.54) is 12.1 Å². The number of carbonyl (C=O) groups excluding carboxylic acids is 1. The number of nitrogens with one attached hydrogen (secondary N) is 1. The number of aromatic nitrogens is 2. The molecule has 1 N–H and O–H groups in total.